The van der Waals surface area contributed by atoms with Gasteiger partial charge in [-0.3, -0.25) is 0 Å². The second kappa shape index (κ2) is 7.14. The molecule has 1 aliphatic carbocycles. The standard InChI is InChI=1S/C19H20N2O2S/c1-3-23-19(22)21-9-8-14-16(11-20)18(24-2)10-15(17(14)12-21)13-6-4-5-7-13/h4-7,10,13H,3,8-9,12H2,1-2H3. The molecule has 4 nitrogen and oxygen atoms in total. The third-order valence-corrected chi connectivity index (χ3v) is 5.25. The topological polar surface area (TPSA) is 53.3 Å². The zero-order valence-corrected chi connectivity index (χ0v) is 14.7. The van der Waals surface area contributed by atoms with Gasteiger partial charge in [0.05, 0.1) is 12.2 Å². The minimum absolute atomic E-state index is 0.208. The molecule has 0 N–H and O–H groups in total. The molecule has 0 fully saturated rings. The zero-order valence-electron chi connectivity index (χ0n) is 13.9. The minimum Gasteiger partial charge on any atom is -0.450 e. The summed E-state index contributed by atoms with van der Waals surface area (Å²) < 4.78 is 5.15. The summed E-state index contributed by atoms with van der Waals surface area (Å²) in [6, 6.07) is 4.48. The maximum Gasteiger partial charge on any atom is 0.410 e. The number of nitrogens with zero attached hydrogens (tertiary/aromatic N) is 2. The number of carbonyl (C=O) groups excluding carboxylic acids is 1. The van der Waals surface area contributed by atoms with E-state index >= 15 is 0 Å². The van der Waals surface area contributed by atoms with E-state index in [4.69, 9.17) is 4.74 Å². The van der Waals surface area contributed by atoms with Crippen molar-refractivity contribution in [2.24, 2.45) is 0 Å². The number of allylic oxidation sites excluding steroid dienone is 4. The van der Waals surface area contributed by atoms with E-state index in [9.17, 15) is 10.1 Å². The fourth-order valence-electron chi connectivity index (χ4n) is 3.34. The normalized spacial score (nSPS) is 16.1. The Hall–Kier alpha value is -2.19. The van der Waals surface area contributed by atoms with Gasteiger partial charge in [0.25, 0.3) is 0 Å². The average Bonchev–Trinajstić information content (AvgIpc) is 3.14. The van der Waals surface area contributed by atoms with Gasteiger partial charge < -0.3 is 9.64 Å². The fraction of sp³-hybridized carbons (Fsp3) is 0.368. The first kappa shape index (κ1) is 16.7. The predicted octanol–water partition coefficient (Wildman–Crippen LogP) is 4.00. The van der Waals surface area contributed by atoms with Crippen LogP contribution in [0.25, 0.3) is 0 Å². The molecule has 2 aliphatic rings. The summed E-state index contributed by atoms with van der Waals surface area (Å²) >= 11 is 1.61. The van der Waals surface area contributed by atoms with Crippen molar-refractivity contribution in [1.82, 2.24) is 4.90 Å². The summed E-state index contributed by atoms with van der Waals surface area (Å²) in [4.78, 5) is 14.9. The highest BCUT2D eigenvalue weighted by atomic mass is 32.2. The Balaban J connectivity index is 2.08. The van der Waals surface area contributed by atoms with E-state index in [-0.39, 0.29) is 12.0 Å². The van der Waals surface area contributed by atoms with Crippen LogP contribution in [0.1, 0.15) is 35.1 Å². The Morgan fingerprint density at radius 3 is 2.79 bits per heavy atom. The van der Waals surface area contributed by atoms with E-state index in [1.165, 1.54) is 5.56 Å². The van der Waals surface area contributed by atoms with Crippen molar-refractivity contribution in [3.63, 3.8) is 0 Å². The van der Waals surface area contributed by atoms with Crippen LogP contribution in [0.3, 0.4) is 0 Å². The average molecular weight is 340 g/mol. The molecule has 1 amide bonds. The number of carbonyl (C=O) groups is 1. The summed E-state index contributed by atoms with van der Waals surface area (Å²) in [6.45, 7) is 3.28. The molecule has 0 spiro atoms. The highest BCUT2D eigenvalue weighted by molar-refractivity contribution is 7.98. The van der Waals surface area contributed by atoms with Gasteiger partial charge in [0.1, 0.15) is 6.07 Å². The number of hydrogen-bond acceptors (Lipinski definition) is 4. The van der Waals surface area contributed by atoms with Crippen LogP contribution in [0.5, 0.6) is 0 Å². The van der Waals surface area contributed by atoms with Crippen molar-refractivity contribution in [3.8, 4) is 6.07 Å². The van der Waals surface area contributed by atoms with Gasteiger partial charge in [-0.05, 0) is 42.4 Å². The molecule has 3 rings (SSSR count). The molecule has 1 heterocycles. The van der Waals surface area contributed by atoms with Gasteiger partial charge in [-0.2, -0.15) is 5.26 Å². The molecule has 124 valence electrons. The molecule has 0 saturated carbocycles. The highest BCUT2D eigenvalue weighted by Gasteiger charge is 2.28. The van der Waals surface area contributed by atoms with Gasteiger partial charge >= 0.3 is 6.09 Å². The first-order valence-electron chi connectivity index (χ1n) is 8.09. The van der Waals surface area contributed by atoms with Crippen LogP contribution < -0.4 is 0 Å². The lowest BCUT2D eigenvalue weighted by Crippen LogP contribution is -2.37. The summed E-state index contributed by atoms with van der Waals surface area (Å²) in [5, 5.41) is 9.62. The third kappa shape index (κ3) is 2.94. The van der Waals surface area contributed by atoms with Crippen LogP contribution in [0.15, 0.2) is 35.3 Å². The molecular weight excluding hydrogens is 320 g/mol. The number of nitriles is 1. The highest BCUT2D eigenvalue weighted by Crippen LogP contribution is 2.37. The number of hydrogen-bond donors (Lipinski definition) is 0. The second-order valence-electron chi connectivity index (χ2n) is 5.78. The van der Waals surface area contributed by atoms with Gasteiger partial charge in [-0.1, -0.05) is 24.3 Å². The summed E-state index contributed by atoms with van der Waals surface area (Å²) in [7, 11) is 0. The Bertz CT molecular complexity index is 750. The SMILES string of the molecule is CCOC(=O)N1CCc2c(C#N)c(SC)cc(C3C=CC=C3)c2C1. The lowest BCUT2D eigenvalue weighted by atomic mass is 9.86. The second-order valence-corrected chi connectivity index (χ2v) is 6.63. The van der Waals surface area contributed by atoms with Crippen molar-refractivity contribution in [2.75, 3.05) is 19.4 Å². The van der Waals surface area contributed by atoms with E-state index < -0.39 is 0 Å². The smallest absolute Gasteiger partial charge is 0.410 e. The number of thioether (sulfide) groups is 1. The molecule has 0 atom stereocenters. The Morgan fingerprint density at radius 2 is 2.17 bits per heavy atom. The van der Waals surface area contributed by atoms with Crippen LogP contribution in [-0.4, -0.2) is 30.4 Å². The monoisotopic (exact) mass is 340 g/mol. The zero-order chi connectivity index (χ0) is 17.1. The van der Waals surface area contributed by atoms with Crippen LogP contribution >= 0.6 is 11.8 Å². The maximum atomic E-state index is 12.1. The number of amides is 1. The van der Waals surface area contributed by atoms with E-state index in [0.29, 0.717) is 26.1 Å². The summed E-state index contributed by atoms with van der Waals surface area (Å²) in [5.74, 6) is 0.208. The molecule has 0 unspecified atom stereocenters. The molecule has 1 aromatic carbocycles. The number of benzene rings is 1. The number of rotatable bonds is 3. The molecule has 0 saturated heterocycles. The predicted molar refractivity (Wildman–Crippen MR) is 95.1 cm³/mol. The number of ether oxygens (including phenoxy) is 1. The van der Waals surface area contributed by atoms with E-state index in [0.717, 1.165) is 21.6 Å². The largest absolute Gasteiger partial charge is 0.450 e. The van der Waals surface area contributed by atoms with Crippen LogP contribution in [0.4, 0.5) is 4.79 Å². The van der Waals surface area contributed by atoms with E-state index in [2.05, 4.69) is 24.3 Å². The van der Waals surface area contributed by atoms with Gasteiger partial charge in [-0.25, -0.2) is 4.79 Å². The molecule has 0 bridgehead atoms. The van der Waals surface area contributed by atoms with Gasteiger partial charge in [-0.15, -0.1) is 11.8 Å². The van der Waals surface area contributed by atoms with Crippen molar-refractivity contribution in [3.05, 3.63) is 52.6 Å². The lowest BCUT2D eigenvalue weighted by molar-refractivity contribution is 0.102. The third-order valence-electron chi connectivity index (χ3n) is 4.49. The Morgan fingerprint density at radius 1 is 1.42 bits per heavy atom. The lowest BCUT2D eigenvalue weighted by Gasteiger charge is -2.31. The summed E-state index contributed by atoms with van der Waals surface area (Å²) in [6.07, 6.45) is 10.8. The van der Waals surface area contributed by atoms with Gasteiger partial charge in [0.15, 0.2) is 0 Å². The van der Waals surface area contributed by atoms with Crippen molar-refractivity contribution in [2.45, 2.75) is 30.7 Å². The van der Waals surface area contributed by atoms with E-state index in [1.807, 2.05) is 25.3 Å². The molecule has 0 aromatic heterocycles. The first-order valence-corrected chi connectivity index (χ1v) is 9.31. The summed E-state index contributed by atoms with van der Waals surface area (Å²) in [5.41, 5.74) is 4.14. The minimum atomic E-state index is -0.279. The first-order chi connectivity index (χ1) is 11.7. The van der Waals surface area contributed by atoms with Crippen molar-refractivity contribution in [1.29, 1.82) is 5.26 Å². The van der Waals surface area contributed by atoms with Crippen LogP contribution in [0.2, 0.25) is 0 Å². The Labute approximate surface area is 146 Å². The molecule has 5 heteroatoms. The maximum absolute atomic E-state index is 12.1. The fourth-order valence-corrected chi connectivity index (χ4v) is 3.96. The van der Waals surface area contributed by atoms with Gasteiger partial charge in [0, 0.05) is 23.9 Å². The molecule has 1 aromatic rings. The van der Waals surface area contributed by atoms with E-state index in [1.54, 1.807) is 16.7 Å². The van der Waals surface area contributed by atoms with Crippen LogP contribution in [0, 0.1) is 11.3 Å². The quantitative estimate of drug-likeness (QED) is 0.780. The molecule has 1 aliphatic heterocycles. The molecular formula is C19H20N2O2S. The van der Waals surface area contributed by atoms with Crippen LogP contribution in [-0.2, 0) is 17.7 Å². The molecule has 24 heavy (non-hydrogen) atoms. The van der Waals surface area contributed by atoms with Crippen molar-refractivity contribution >= 4 is 17.9 Å². The Kier molecular flexibility index (Phi) is 4.96. The molecule has 0 radical (unpaired) electrons. The number of fused-ring (bicyclic) bond motifs is 1. The van der Waals surface area contributed by atoms with Crippen molar-refractivity contribution < 1.29 is 9.53 Å². The van der Waals surface area contributed by atoms with Gasteiger partial charge in [0.2, 0.25) is 0 Å².